The summed E-state index contributed by atoms with van der Waals surface area (Å²) >= 11 is 0. The highest BCUT2D eigenvalue weighted by molar-refractivity contribution is 5.89. The van der Waals surface area contributed by atoms with E-state index in [9.17, 15) is 18.8 Å². The smallest absolute Gasteiger partial charge is 0.414 e. The number of carbonyl (C=O) groups is 3. The molecule has 0 radical (unpaired) electrons. The van der Waals surface area contributed by atoms with Crippen LogP contribution in [0.2, 0.25) is 0 Å². The number of hydrogen-bond donors (Lipinski definition) is 2. The van der Waals surface area contributed by atoms with E-state index in [0.717, 1.165) is 0 Å². The summed E-state index contributed by atoms with van der Waals surface area (Å²) in [6.07, 6.45) is -0.886. The zero-order valence-electron chi connectivity index (χ0n) is 15.0. The van der Waals surface area contributed by atoms with Crippen LogP contribution in [-0.4, -0.2) is 60.4 Å². The summed E-state index contributed by atoms with van der Waals surface area (Å²) in [5.74, 6) is -0.680. The van der Waals surface area contributed by atoms with Crippen molar-refractivity contribution in [2.24, 2.45) is 0 Å². The molecule has 1 aromatic rings. The number of ether oxygens (including phenoxy) is 1. The fourth-order valence-electron chi connectivity index (χ4n) is 3.49. The van der Waals surface area contributed by atoms with E-state index < -0.39 is 24.1 Å². The molecule has 2 N–H and O–H groups in total. The number of carbonyl (C=O) groups excluding carboxylic acids is 2. The Morgan fingerprint density at radius 1 is 1.33 bits per heavy atom. The van der Waals surface area contributed by atoms with E-state index in [1.54, 1.807) is 12.1 Å². The van der Waals surface area contributed by atoms with Gasteiger partial charge >= 0.3 is 12.2 Å². The molecule has 146 valence electrons. The van der Waals surface area contributed by atoms with Crippen molar-refractivity contribution in [2.75, 3.05) is 31.1 Å². The molecule has 9 heteroatoms. The Bertz CT molecular complexity index is 749. The first-order valence-electron chi connectivity index (χ1n) is 8.85. The van der Waals surface area contributed by atoms with Crippen molar-refractivity contribution < 1.29 is 28.6 Å². The molecule has 2 aliphatic heterocycles. The van der Waals surface area contributed by atoms with E-state index in [1.165, 1.54) is 22.8 Å². The van der Waals surface area contributed by atoms with Crippen LogP contribution in [0.4, 0.5) is 19.7 Å². The number of anilines is 1. The van der Waals surface area contributed by atoms with Gasteiger partial charge in [-0.3, -0.25) is 9.69 Å². The molecule has 8 nitrogen and oxygen atoms in total. The second-order valence-corrected chi connectivity index (χ2v) is 6.80. The fraction of sp³-hybridized carbons (Fsp3) is 0.500. The van der Waals surface area contributed by atoms with Crippen LogP contribution in [0.15, 0.2) is 18.2 Å². The monoisotopic (exact) mass is 379 g/mol. The predicted octanol–water partition coefficient (Wildman–Crippen LogP) is 2.14. The molecule has 2 saturated heterocycles. The minimum Gasteiger partial charge on any atom is -0.465 e. The lowest BCUT2D eigenvalue weighted by atomic mass is 9.89. The Kier molecular flexibility index (Phi) is 5.48. The third kappa shape index (κ3) is 4.29. The zero-order valence-corrected chi connectivity index (χ0v) is 15.0. The molecule has 2 fully saturated rings. The van der Waals surface area contributed by atoms with Crippen molar-refractivity contribution in [3.05, 3.63) is 29.6 Å². The summed E-state index contributed by atoms with van der Waals surface area (Å²) in [6, 6.07) is 4.63. The minimum atomic E-state index is -0.953. The minimum absolute atomic E-state index is 0.0484. The standard InChI is InChI=1S/C18H22FN3O5/c1-11(23)20-9-14-10-22(18(26)27-14)13-2-3-15(16(19)8-13)12-4-6-21(7-5-12)17(24)25/h2-3,8,12,14H,4-7,9-10H2,1H3,(H,20,23)(H,24,25). The molecule has 3 amide bonds. The van der Waals surface area contributed by atoms with Crippen molar-refractivity contribution in [2.45, 2.75) is 31.8 Å². The maximum atomic E-state index is 14.7. The van der Waals surface area contributed by atoms with Gasteiger partial charge in [-0.1, -0.05) is 6.07 Å². The van der Waals surface area contributed by atoms with Crippen LogP contribution in [0.3, 0.4) is 0 Å². The number of cyclic esters (lactones) is 1. The summed E-state index contributed by atoms with van der Waals surface area (Å²) in [5, 5.41) is 11.6. The molecular weight excluding hydrogens is 357 g/mol. The lowest BCUT2D eigenvalue weighted by Gasteiger charge is -2.30. The van der Waals surface area contributed by atoms with E-state index in [4.69, 9.17) is 9.84 Å². The first-order valence-corrected chi connectivity index (χ1v) is 8.85. The molecule has 3 rings (SSSR count). The molecule has 2 heterocycles. The quantitative estimate of drug-likeness (QED) is 0.835. The highest BCUT2D eigenvalue weighted by Crippen LogP contribution is 2.32. The third-order valence-electron chi connectivity index (χ3n) is 4.95. The van der Waals surface area contributed by atoms with Crippen LogP contribution < -0.4 is 10.2 Å². The van der Waals surface area contributed by atoms with Crippen molar-refractivity contribution in [3.63, 3.8) is 0 Å². The maximum absolute atomic E-state index is 14.7. The molecule has 0 bridgehead atoms. The van der Waals surface area contributed by atoms with E-state index in [0.29, 0.717) is 37.2 Å². The average molecular weight is 379 g/mol. The molecule has 0 spiro atoms. The molecule has 1 atom stereocenters. The van der Waals surface area contributed by atoms with Gasteiger partial charge in [-0.05, 0) is 36.5 Å². The second-order valence-electron chi connectivity index (χ2n) is 6.80. The highest BCUT2D eigenvalue weighted by Gasteiger charge is 2.33. The van der Waals surface area contributed by atoms with Gasteiger partial charge in [0.2, 0.25) is 5.91 Å². The van der Waals surface area contributed by atoms with Gasteiger partial charge in [0.1, 0.15) is 11.9 Å². The van der Waals surface area contributed by atoms with Gasteiger partial charge in [0.25, 0.3) is 0 Å². The van der Waals surface area contributed by atoms with Gasteiger partial charge in [0.05, 0.1) is 18.8 Å². The topological polar surface area (TPSA) is 99.2 Å². The van der Waals surface area contributed by atoms with E-state index in [2.05, 4.69) is 5.32 Å². The highest BCUT2D eigenvalue weighted by atomic mass is 19.1. The van der Waals surface area contributed by atoms with Crippen molar-refractivity contribution in [1.29, 1.82) is 0 Å². The fourth-order valence-corrected chi connectivity index (χ4v) is 3.49. The van der Waals surface area contributed by atoms with Crippen molar-refractivity contribution in [3.8, 4) is 0 Å². The Hall–Kier alpha value is -2.84. The summed E-state index contributed by atoms with van der Waals surface area (Å²) < 4.78 is 19.8. The number of benzene rings is 1. The van der Waals surface area contributed by atoms with Gasteiger partial charge in [-0.25, -0.2) is 14.0 Å². The van der Waals surface area contributed by atoms with Gasteiger partial charge in [-0.2, -0.15) is 0 Å². The van der Waals surface area contributed by atoms with Crippen LogP contribution in [0.1, 0.15) is 31.2 Å². The lowest BCUT2D eigenvalue weighted by Crippen LogP contribution is -2.37. The number of carboxylic acid groups (broad SMARTS) is 1. The lowest BCUT2D eigenvalue weighted by molar-refractivity contribution is -0.119. The molecular formula is C18H22FN3O5. The number of hydrogen-bond acceptors (Lipinski definition) is 4. The van der Waals surface area contributed by atoms with Gasteiger partial charge in [0.15, 0.2) is 0 Å². The molecule has 0 aliphatic carbocycles. The number of nitrogens with one attached hydrogen (secondary N) is 1. The van der Waals surface area contributed by atoms with Crippen LogP contribution in [-0.2, 0) is 9.53 Å². The van der Waals surface area contributed by atoms with Crippen LogP contribution in [0, 0.1) is 5.82 Å². The van der Waals surface area contributed by atoms with Gasteiger partial charge in [0, 0.05) is 20.0 Å². The number of rotatable bonds is 4. The molecule has 0 saturated carbocycles. The maximum Gasteiger partial charge on any atom is 0.414 e. The summed E-state index contributed by atoms with van der Waals surface area (Å²) in [5.41, 5.74) is 0.931. The Morgan fingerprint density at radius 3 is 2.63 bits per heavy atom. The number of halogens is 1. The average Bonchev–Trinajstić information content (AvgIpc) is 3.01. The van der Waals surface area contributed by atoms with Crippen molar-refractivity contribution in [1.82, 2.24) is 10.2 Å². The molecule has 0 aromatic heterocycles. The first kappa shape index (κ1) is 18.9. The normalized spacial score (nSPS) is 20.5. The molecule has 1 aromatic carbocycles. The van der Waals surface area contributed by atoms with Crippen LogP contribution in [0.5, 0.6) is 0 Å². The molecule has 1 unspecified atom stereocenters. The first-order chi connectivity index (χ1) is 12.8. The number of amides is 3. The van der Waals surface area contributed by atoms with E-state index in [1.807, 2.05) is 0 Å². The zero-order chi connectivity index (χ0) is 19.6. The number of piperidine rings is 1. The molecule has 27 heavy (non-hydrogen) atoms. The molecule has 2 aliphatic rings. The third-order valence-corrected chi connectivity index (χ3v) is 4.95. The summed E-state index contributed by atoms with van der Waals surface area (Å²) in [6.45, 7) is 2.58. The predicted molar refractivity (Wildman–Crippen MR) is 94.3 cm³/mol. The number of nitrogens with zero attached hydrogens (tertiary/aromatic N) is 2. The van der Waals surface area contributed by atoms with Gasteiger partial charge < -0.3 is 20.1 Å². The van der Waals surface area contributed by atoms with E-state index >= 15 is 0 Å². The van der Waals surface area contributed by atoms with Gasteiger partial charge in [-0.15, -0.1) is 0 Å². The largest absolute Gasteiger partial charge is 0.465 e. The number of likely N-dealkylation sites (tertiary alicyclic amines) is 1. The van der Waals surface area contributed by atoms with Crippen LogP contribution in [0.25, 0.3) is 0 Å². The SMILES string of the molecule is CC(=O)NCC1CN(c2ccc(C3CCN(C(=O)O)CC3)c(F)c2)C(=O)O1. The Labute approximate surface area is 155 Å². The van der Waals surface area contributed by atoms with E-state index in [-0.39, 0.29) is 24.9 Å². The van der Waals surface area contributed by atoms with Crippen molar-refractivity contribution >= 4 is 23.8 Å². The Balaban J connectivity index is 1.66. The summed E-state index contributed by atoms with van der Waals surface area (Å²) in [7, 11) is 0. The second kappa shape index (κ2) is 7.81. The van der Waals surface area contributed by atoms with Crippen LogP contribution >= 0.6 is 0 Å². The summed E-state index contributed by atoms with van der Waals surface area (Å²) in [4.78, 5) is 36.7. The Morgan fingerprint density at radius 2 is 2.04 bits per heavy atom.